The van der Waals surface area contributed by atoms with Gasteiger partial charge in [0.25, 0.3) is 0 Å². The van der Waals surface area contributed by atoms with E-state index in [0.29, 0.717) is 13.2 Å². The van der Waals surface area contributed by atoms with E-state index < -0.39 is 12.0 Å². The van der Waals surface area contributed by atoms with Crippen LogP contribution in [0.4, 0.5) is 0 Å². The monoisotopic (exact) mass is 181 g/mol. The third kappa shape index (κ3) is 2.65. The second-order valence-electron chi connectivity index (χ2n) is 2.49. The van der Waals surface area contributed by atoms with Crippen molar-refractivity contribution in [2.24, 2.45) is 11.7 Å². The molecule has 0 amide bonds. The lowest BCUT2D eigenvalue weighted by Gasteiger charge is -2.11. The average molecular weight is 182 g/mol. The number of nitrogens with two attached hydrogens (primary N) is 1. The van der Waals surface area contributed by atoms with E-state index in [1.165, 1.54) is 0 Å². The van der Waals surface area contributed by atoms with Crippen molar-refractivity contribution < 1.29 is 14.6 Å². The smallest absolute Gasteiger partial charge is 0.320 e. The fraction of sp³-hybridized carbons (Fsp3) is 0.833. The predicted molar refractivity (Wildman–Crippen MR) is 41.8 cm³/mol. The molecule has 0 radical (unpaired) electrons. The fourth-order valence-electron chi connectivity index (χ4n) is 1.04. The minimum Gasteiger partial charge on any atom is -0.480 e. The van der Waals surface area contributed by atoms with E-state index in [4.69, 9.17) is 15.6 Å². The number of hydrogen-bond acceptors (Lipinski definition) is 3. The van der Waals surface area contributed by atoms with E-state index in [2.05, 4.69) is 0 Å². The molecule has 3 N–H and O–H groups in total. The van der Waals surface area contributed by atoms with Crippen molar-refractivity contribution in [3.8, 4) is 0 Å². The highest BCUT2D eigenvalue weighted by Crippen LogP contribution is 2.14. The van der Waals surface area contributed by atoms with Gasteiger partial charge in [-0.1, -0.05) is 0 Å². The molecule has 11 heavy (non-hydrogen) atoms. The summed E-state index contributed by atoms with van der Waals surface area (Å²) in [7, 11) is 0. The maximum atomic E-state index is 10.3. The number of aliphatic carboxylic acids is 1. The Balaban J connectivity index is 0.000001000. The highest BCUT2D eigenvalue weighted by molar-refractivity contribution is 5.85. The molecule has 0 saturated carbocycles. The number of carboxylic acids is 1. The Bertz CT molecular complexity index is 136. The molecule has 66 valence electrons. The van der Waals surface area contributed by atoms with Gasteiger partial charge in [-0.05, 0) is 6.42 Å². The van der Waals surface area contributed by atoms with E-state index in [9.17, 15) is 4.79 Å². The summed E-state index contributed by atoms with van der Waals surface area (Å²) >= 11 is 0. The molecule has 1 fully saturated rings. The molecular formula is C6H12ClNO3. The maximum Gasteiger partial charge on any atom is 0.320 e. The number of hydrogen-bond donors (Lipinski definition) is 2. The van der Waals surface area contributed by atoms with Crippen LogP contribution in [0.2, 0.25) is 0 Å². The Morgan fingerprint density at radius 1 is 1.73 bits per heavy atom. The highest BCUT2D eigenvalue weighted by atomic mass is 35.5. The molecule has 0 aromatic heterocycles. The largest absolute Gasteiger partial charge is 0.480 e. The first kappa shape index (κ1) is 10.7. The fourth-order valence-corrected chi connectivity index (χ4v) is 1.04. The zero-order chi connectivity index (χ0) is 7.56. The van der Waals surface area contributed by atoms with Crippen LogP contribution in [0.15, 0.2) is 0 Å². The lowest BCUT2D eigenvalue weighted by atomic mass is 10.0. The Morgan fingerprint density at radius 2 is 2.36 bits per heavy atom. The van der Waals surface area contributed by atoms with Gasteiger partial charge in [-0.15, -0.1) is 12.4 Å². The van der Waals surface area contributed by atoms with Gasteiger partial charge in [0.05, 0.1) is 6.61 Å². The molecule has 0 spiro atoms. The van der Waals surface area contributed by atoms with E-state index >= 15 is 0 Å². The van der Waals surface area contributed by atoms with Gasteiger partial charge in [0.1, 0.15) is 6.04 Å². The first-order chi connectivity index (χ1) is 4.72. The summed E-state index contributed by atoms with van der Waals surface area (Å²) in [5.74, 6) is -0.923. The lowest BCUT2D eigenvalue weighted by molar-refractivity contribution is -0.139. The van der Waals surface area contributed by atoms with Gasteiger partial charge in [-0.2, -0.15) is 0 Å². The minimum atomic E-state index is -0.935. The standard InChI is InChI=1S/C6H11NO3.ClH/c7-5(6(8)9)4-1-2-10-3-4;/h4-5H,1-3,7H2,(H,8,9);1H. The number of carbonyl (C=O) groups is 1. The van der Waals surface area contributed by atoms with Crippen molar-refractivity contribution in [2.45, 2.75) is 12.5 Å². The summed E-state index contributed by atoms with van der Waals surface area (Å²) in [6, 6.07) is -0.748. The molecular weight excluding hydrogens is 170 g/mol. The Kier molecular flexibility index (Phi) is 4.40. The van der Waals surface area contributed by atoms with Crippen molar-refractivity contribution in [1.29, 1.82) is 0 Å². The first-order valence-electron chi connectivity index (χ1n) is 3.28. The zero-order valence-electron chi connectivity index (χ0n) is 6.03. The van der Waals surface area contributed by atoms with Crippen molar-refractivity contribution in [3.05, 3.63) is 0 Å². The van der Waals surface area contributed by atoms with Crippen LogP contribution in [0.25, 0.3) is 0 Å². The number of halogens is 1. The van der Waals surface area contributed by atoms with Crippen LogP contribution in [-0.4, -0.2) is 30.3 Å². The van der Waals surface area contributed by atoms with Crippen molar-refractivity contribution in [3.63, 3.8) is 0 Å². The molecule has 1 heterocycles. The summed E-state index contributed by atoms with van der Waals surface area (Å²) in [6.07, 6.45) is 0.771. The summed E-state index contributed by atoms with van der Waals surface area (Å²) in [6.45, 7) is 1.14. The summed E-state index contributed by atoms with van der Waals surface area (Å²) in [4.78, 5) is 10.3. The molecule has 1 saturated heterocycles. The van der Waals surface area contributed by atoms with Gasteiger partial charge < -0.3 is 15.6 Å². The zero-order valence-corrected chi connectivity index (χ0v) is 6.84. The molecule has 0 aromatic rings. The van der Waals surface area contributed by atoms with Gasteiger partial charge in [-0.25, -0.2) is 0 Å². The molecule has 1 aliphatic heterocycles. The Hall–Kier alpha value is -0.320. The van der Waals surface area contributed by atoms with Crippen molar-refractivity contribution in [1.82, 2.24) is 0 Å². The Labute approximate surface area is 71.1 Å². The number of ether oxygens (including phenoxy) is 1. The third-order valence-corrected chi connectivity index (χ3v) is 1.76. The topological polar surface area (TPSA) is 72.6 Å². The van der Waals surface area contributed by atoms with Gasteiger partial charge >= 0.3 is 5.97 Å². The molecule has 1 aliphatic rings. The average Bonchev–Trinajstić information content (AvgIpc) is 2.36. The van der Waals surface area contributed by atoms with E-state index in [0.717, 1.165) is 6.42 Å². The van der Waals surface area contributed by atoms with Gasteiger partial charge in [0, 0.05) is 12.5 Å². The SMILES string of the molecule is Cl.NC(C(=O)O)C1CCOC1. The lowest BCUT2D eigenvalue weighted by Crippen LogP contribution is -2.38. The first-order valence-corrected chi connectivity index (χ1v) is 3.28. The summed E-state index contributed by atoms with van der Waals surface area (Å²) in [5, 5.41) is 8.46. The molecule has 0 bridgehead atoms. The van der Waals surface area contributed by atoms with Crippen LogP contribution < -0.4 is 5.73 Å². The normalized spacial score (nSPS) is 25.7. The van der Waals surface area contributed by atoms with Crippen LogP contribution in [-0.2, 0) is 9.53 Å². The molecule has 2 atom stereocenters. The summed E-state index contributed by atoms with van der Waals surface area (Å²) < 4.78 is 4.99. The van der Waals surface area contributed by atoms with Gasteiger partial charge in [0.15, 0.2) is 0 Å². The molecule has 1 rings (SSSR count). The van der Waals surface area contributed by atoms with E-state index in [-0.39, 0.29) is 18.3 Å². The van der Waals surface area contributed by atoms with Gasteiger partial charge in [0.2, 0.25) is 0 Å². The second kappa shape index (κ2) is 4.54. The maximum absolute atomic E-state index is 10.3. The number of rotatable bonds is 2. The van der Waals surface area contributed by atoms with Crippen LogP contribution in [0.5, 0.6) is 0 Å². The molecule has 4 nitrogen and oxygen atoms in total. The molecule has 5 heteroatoms. The van der Waals surface area contributed by atoms with Gasteiger partial charge in [-0.3, -0.25) is 4.79 Å². The van der Waals surface area contributed by atoms with E-state index in [1.807, 2.05) is 0 Å². The van der Waals surface area contributed by atoms with E-state index in [1.54, 1.807) is 0 Å². The summed E-state index contributed by atoms with van der Waals surface area (Å²) in [5.41, 5.74) is 5.34. The molecule has 2 unspecified atom stereocenters. The van der Waals surface area contributed by atoms with Crippen LogP contribution in [0.1, 0.15) is 6.42 Å². The van der Waals surface area contributed by atoms with Crippen molar-refractivity contribution >= 4 is 18.4 Å². The van der Waals surface area contributed by atoms with Crippen LogP contribution in [0.3, 0.4) is 0 Å². The predicted octanol–water partition coefficient (Wildman–Crippen LogP) is -0.143. The second-order valence-corrected chi connectivity index (χ2v) is 2.49. The quantitative estimate of drug-likeness (QED) is 0.622. The minimum absolute atomic E-state index is 0. The van der Waals surface area contributed by atoms with Crippen molar-refractivity contribution in [2.75, 3.05) is 13.2 Å². The highest BCUT2D eigenvalue weighted by Gasteiger charge is 2.27. The number of carboxylic acid groups (broad SMARTS) is 1. The molecule has 0 aromatic carbocycles. The molecule has 0 aliphatic carbocycles. The van der Waals surface area contributed by atoms with Crippen LogP contribution >= 0.6 is 12.4 Å². The van der Waals surface area contributed by atoms with Crippen LogP contribution in [0, 0.1) is 5.92 Å². The third-order valence-electron chi connectivity index (χ3n) is 1.76. The Morgan fingerprint density at radius 3 is 2.73 bits per heavy atom.